The Labute approximate surface area is 124 Å². The fraction of sp³-hybridized carbons (Fsp3) is 0.0714. The van der Waals surface area contributed by atoms with E-state index >= 15 is 0 Å². The summed E-state index contributed by atoms with van der Waals surface area (Å²) in [5, 5.41) is 0. The highest BCUT2D eigenvalue weighted by atomic mass is 32.2. The second-order valence-electron chi connectivity index (χ2n) is 4.60. The molecule has 5 nitrogen and oxygen atoms in total. The van der Waals surface area contributed by atoms with E-state index in [0.717, 1.165) is 12.1 Å². The average Bonchev–Trinajstić information content (AvgIpc) is 2.80. The molecule has 0 aliphatic rings. The van der Waals surface area contributed by atoms with Gasteiger partial charge in [0.15, 0.2) is 11.5 Å². The molecule has 1 N–H and O–H groups in total. The second-order valence-corrected chi connectivity index (χ2v) is 6.25. The molecule has 1 heterocycles. The number of aryl methyl sites for hydroxylation is 1. The van der Waals surface area contributed by atoms with Gasteiger partial charge < -0.3 is 4.42 Å². The molecule has 1 aromatic heterocycles. The Hall–Kier alpha value is -2.48. The van der Waals surface area contributed by atoms with Crippen molar-refractivity contribution >= 4 is 26.8 Å². The lowest BCUT2D eigenvalue weighted by Gasteiger charge is -2.08. The third kappa shape index (κ3) is 2.64. The van der Waals surface area contributed by atoms with Crippen LogP contribution in [-0.4, -0.2) is 13.4 Å². The van der Waals surface area contributed by atoms with Gasteiger partial charge in [0.1, 0.15) is 22.0 Å². The second kappa shape index (κ2) is 5.06. The lowest BCUT2D eigenvalue weighted by Crippen LogP contribution is -2.14. The minimum Gasteiger partial charge on any atom is -0.441 e. The van der Waals surface area contributed by atoms with Crippen molar-refractivity contribution in [3.8, 4) is 0 Å². The van der Waals surface area contributed by atoms with Crippen LogP contribution in [0.4, 0.5) is 14.5 Å². The number of rotatable bonds is 3. The number of hydrogen-bond acceptors (Lipinski definition) is 4. The van der Waals surface area contributed by atoms with Crippen molar-refractivity contribution in [2.45, 2.75) is 11.8 Å². The molecule has 3 rings (SSSR count). The van der Waals surface area contributed by atoms with Gasteiger partial charge in [-0.1, -0.05) is 0 Å². The minimum absolute atomic E-state index is 0.171. The van der Waals surface area contributed by atoms with Crippen LogP contribution < -0.4 is 4.72 Å². The SMILES string of the molecule is Cc1nc2cc(NS(=O)(=O)c3cc(F)ccc3F)ccc2o1. The normalized spacial score (nSPS) is 11.8. The van der Waals surface area contributed by atoms with Crippen LogP contribution in [0.5, 0.6) is 0 Å². The maximum Gasteiger partial charge on any atom is 0.264 e. The predicted octanol–water partition coefficient (Wildman–Crippen LogP) is 3.22. The van der Waals surface area contributed by atoms with Crippen LogP contribution in [0.25, 0.3) is 11.1 Å². The molecule has 0 saturated heterocycles. The molecular weight excluding hydrogens is 314 g/mol. The molecule has 0 aliphatic heterocycles. The summed E-state index contributed by atoms with van der Waals surface area (Å²) in [6, 6.07) is 6.65. The number of fused-ring (bicyclic) bond motifs is 1. The summed E-state index contributed by atoms with van der Waals surface area (Å²) in [5.74, 6) is -1.44. The molecule has 0 spiro atoms. The number of aromatic nitrogens is 1. The van der Waals surface area contributed by atoms with Gasteiger partial charge in [0.25, 0.3) is 10.0 Å². The quantitative estimate of drug-likeness (QED) is 0.803. The van der Waals surface area contributed by atoms with Crippen molar-refractivity contribution in [1.29, 1.82) is 0 Å². The smallest absolute Gasteiger partial charge is 0.264 e. The van der Waals surface area contributed by atoms with E-state index in [9.17, 15) is 17.2 Å². The third-order valence-electron chi connectivity index (χ3n) is 2.93. The summed E-state index contributed by atoms with van der Waals surface area (Å²) >= 11 is 0. The van der Waals surface area contributed by atoms with E-state index in [1.807, 2.05) is 0 Å². The number of nitrogens with one attached hydrogen (secondary N) is 1. The van der Waals surface area contributed by atoms with Crippen LogP contribution in [0.15, 0.2) is 45.7 Å². The topological polar surface area (TPSA) is 72.2 Å². The van der Waals surface area contributed by atoms with Gasteiger partial charge in [0.05, 0.1) is 5.69 Å². The Bertz CT molecular complexity index is 967. The molecule has 0 radical (unpaired) electrons. The van der Waals surface area contributed by atoms with E-state index < -0.39 is 26.6 Å². The first-order chi connectivity index (χ1) is 10.3. The Balaban J connectivity index is 2.00. The molecule has 22 heavy (non-hydrogen) atoms. The zero-order chi connectivity index (χ0) is 15.9. The van der Waals surface area contributed by atoms with Gasteiger partial charge >= 0.3 is 0 Å². The molecule has 0 atom stereocenters. The monoisotopic (exact) mass is 324 g/mol. The first kappa shape index (κ1) is 14.5. The summed E-state index contributed by atoms with van der Waals surface area (Å²) in [6.45, 7) is 1.66. The number of benzene rings is 2. The highest BCUT2D eigenvalue weighted by molar-refractivity contribution is 7.92. The van der Waals surface area contributed by atoms with Gasteiger partial charge in [-0.15, -0.1) is 0 Å². The van der Waals surface area contributed by atoms with Crippen molar-refractivity contribution < 1.29 is 21.6 Å². The third-order valence-corrected chi connectivity index (χ3v) is 4.33. The molecule has 2 aromatic carbocycles. The Kier molecular flexibility index (Phi) is 3.32. The zero-order valence-corrected chi connectivity index (χ0v) is 12.1. The molecule has 0 bridgehead atoms. The number of anilines is 1. The largest absolute Gasteiger partial charge is 0.441 e. The number of hydrogen-bond donors (Lipinski definition) is 1. The van der Waals surface area contributed by atoms with Crippen LogP contribution in [0.1, 0.15) is 5.89 Å². The minimum atomic E-state index is -4.25. The summed E-state index contributed by atoms with van der Waals surface area (Å²) in [4.78, 5) is 3.31. The van der Waals surface area contributed by atoms with Crippen molar-refractivity contribution in [2.75, 3.05) is 4.72 Å². The van der Waals surface area contributed by atoms with Gasteiger partial charge in [-0.05, 0) is 36.4 Å². The van der Waals surface area contributed by atoms with Gasteiger partial charge in [0, 0.05) is 6.92 Å². The standard InChI is InChI=1S/C14H10F2N2O3S/c1-8-17-12-7-10(3-5-13(12)21-8)18-22(19,20)14-6-9(15)2-4-11(14)16/h2-7,18H,1H3. The van der Waals surface area contributed by atoms with Crippen LogP contribution in [-0.2, 0) is 10.0 Å². The average molecular weight is 324 g/mol. The van der Waals surface area contributed by atoms with Crippen molar-refractivity contribution in [3.63, 3.8) is 0 Å². The molecule has 0 amide bonds. The zero-order valence-electron chi connectivity index (χ0n) is 11.3. The molecule has 0 fully saturated rings. The van der Waals surface area contributed by atoms with Crippen molar-refractivity contribution in [3.05, 3.63) is 53.9 Å². The highest BCUT2D eigenvalue weighted by Gasteiger charge is 2.20. The Morgan fingerprint density at radius 3 is 2.68 bits per heavy atom. The molecule has 114 valence electrons. The van der Waals surface area contributed by atoms with Gasteiger partial charge in [-0.3, -0.25) is 4.72 Å². The lowest BCUT2D eigenvalue weighted by molar-refractivity contribution is 0.555. The number of nitrogens with zero attached hydrogens (tertiary/aromatic N) is 1. The first-order valence-corrected chi connectivity index (χ1v) is 7.68. The van der Waals surface area contributed by atoms with Crippen LogP contribution in [0.2, 0.25) is 0 Å². The van der Waals surface area contributed by atoms with E-state index in [-0.39, 0.29) is 5.69 Å². The fourth-order valence-corrected chi connectivity index (χ4v) is 3.14. The summed E-state index contributed by atoms with van der Waals surface area (Å²) < 4.78 is 58.5. The van der Waals surface area contributed by atoms with Crippen molar-refractivity contribution in [1.82, 2.24) is 4.98 Å². The fourth-order valence-electron chi connectivity index (χ4n) is 2.00. The summed E-state index contributed by atoms with van der Waals surface area (Å²) in [7, 11) is -4.25. The number of sulfonamides is 1. The molecule has 3 aromatic rings. The van der Waals surface area contributed by atoms with E-state index in [0.29, 0.717) is 23.1 Å². The highest BCUT2D eigenvalue weighted by Crippen LogP contribution is 2.23. The first-order valence-electron chi connectivity index (χ1n) is 6.20. The molecule has 0 unspecified atom stereocenters. The van der Waals surface area contributed by atoms with Crippen LogP contribution in [0, 0.1) is 18.6 Å². The summed E-state index contributed by atoms with van der Waals surface area (Å²) in [5.41, 5.74) is 1.12. The molecule has 0 saturated carbocycles. The van der Waals surface area contributed by atoms with Gasteiger partial charge in [-0.2, -0.15) is 0 Å². The maximum absolute atomic E-state index is 13.6. The van der Waals surface area contributed by atoms with Crippen LogP contribution in [0.3, 0.4) is 0 Å². The summed E-state index contributed by atoms with van der Waals surface area (Å²) in [6.07, 6.45) is 0. The number of oxazole rings is 1. The van der Waals surface area contributed by atoms with E-state index in [1.165, 1.54) is 18.2 Å². The Morgan fingerprint density at radius 1 is 1.14 bits per heavy atom. The van der Waals surface area contributed by atoms with E-state index in [2.05, 4.69) is 9.71 Å². The maximum atomic E-state index is 13.6. The molecule has 0 aliphatic carbocycles. The van der Waals surface area contributed by atoms with Gasteiger partial charge in [0.2, 0.25) is 0 Å². The van der Waals surface area contributed by atoms with Crippen molar-refractivity contribution in [2.24, 2.45) is 0 Å². The number of halogens is 2. The Morgan fingerprint density at radius 2 is 1.91 bits per heavy atom. The molecular formula is C14H10F2N2O3S. The predicted molar refractivity (Wildman–Crippen MR) is 75.9 cm³/mol. The lowest BCUT2D eigenvalue weighted by atomic mass is 10.3. The van der Waals surface area contributed by atoms with Crippen LogP contribution >= 0.6 is 0 Å². The molecule has 8 heteroatoms. The van der Waals surface area contributed by atoms with E-state index in [4.69, 9.17) is 4.42 Å². The van der Waals surface area contributed by atoms with Gasteiger partial charge in [-0.25, -0.2) is 22.2 Å². The van der Waals surface area contributed by atoms with E-state index in [1.54, 1.807) is 6.92 Å².